The van der Waals surface area contributed by atoms with Gasteiger partial charge in [0.2, 0.25) is 0 Å². The average molecular weight is 214 g/mol. The summed E-state index contributed by atoms with van der Waals surface area (Å²) in [6.45, 7) is 1.85. The quantitative estimate of drug-likeness (QED) is 0.507. The van der Waals surface area contributed by atoms with E-state index < -0.39 is 18.2 Å². The van der Waals surface area contributed by atoms with Crippen molar-refractivity contribution in [2.24, 2.45) is 0 Å². The highest BCUT2D eigenvalue weighted by molar-refractivity contribution is 5.69. The molecule has 0 aliphatic carbocycles. The molecule has 0 aromatic heterocycles. The molecule has 2 atom stereocenters. The highest BCUT2D eigenvalue weighted by atomic mass is 16.5. The molecule has 0 aliphatic heterocycles. The Kier molecular flexibility index (Phi) is 7.58. The van der Waals surface area contributed by atoms with E-state index in [0.717, 1.165) is 0 Å². The number of esters is 1. The van der Waals surface area contributed by atoms with Crippen LogP contribution >= 0.6 is 0 Å². The fraction of sp³-hybridized carbons (Fsp3) is 0.545. The third-order valence-electron chi connectivity index (χ3n) is 1.88. The number of hydrogen-bond donors (Lipinski definition) is 2. The first-order valence-corrected chi connectivity index (χ1v) is 4.84. The third kappa shape index (κ3) is 6.88. The zero-order valence-electron chi connectivity index (χ0n) is 9.09. The van der Waals surface area contributed by atoms with Crippen molar-refractivity contribution in [1.82, 2.24) is 0 Å². The zero-order valence-corrected chi connectivity index (χ0v) is 9.09. The van der Waals surface area contributed by atoms with Crippen molar-refractivity contribution in [1.29, 1.82) is 0 Å². The molecular formula is C11H18O4. The molecule has 4 nitrogen and oxygen atoms in total. The summed E-state index contributed by atoms with van der Waals surface area (Å²) in [4.78, 5) is 10.8. The van der Waals surface area contributed by atoms with Crippen LogP contribution in [0, 0.1) is 0 Å². The standard InChI is InChI=1S/C11H18O4/c1-3-4-5-6-9(12)10(13)7-8-11(14)15-2/h3-6,9-10,12-13H,7-8H2,1-2H3/b4-3+,6-5-/t9-,10-/m0/s1. The smallest absolute Gasteiger partial charge is 0.305 e. The minimum atomic E-state index is -0.953. The lowest BCUT2D eigenvalue weighted by Gasteiger charge is -2.13. The highest BCUT2D eigenvalue weighted by Crippen LogP contribution is 2.04. The number of aliphatic hydroxyl groups is 2. The Morgan fingerprint density at radius 1 is 1.40 bits per heavy atom. The molecule has 0 amide bonds. The Morgan fingerprint density at radius 2 is 2.07 bits per heavy atom. The van der Waals surface area contributed by atoms with Crippen LogP contribution in [0.5, 0.6) is 0 Å². The summed E-state index contributed by atoms with van der Waals surface area (Å²) in [7, 11) is 1.29. The van der Waals surface area contributed by atoms with Gasteiger partial charge in [0.1, 0.15) is 0 Å². The number of carbonyl (C=O) groups excluding carboxylic acids is 1. The predicted octanol–water partition coefficient (Wildman–Crippen LogP) is 0.794. The highest BCUT2D eigenvalue weighted by Gasteiger charge is 2.14. The molecule has 0 saturated carbocycles. The van der Waals surface area contributed by atoms with Gasteiger partial charge in [-0.25, -0.2) is 0 Å². The molecule has 15 heavy (non-hydrogen) atoms. The van der Waals surface area contributed by atoms with Crippen LogP contribution in [0.3, 0.4) is 0 Å². The molecule has 2 N–H and O–H groups in total. The van der Waals surface area contributed by atoms with E-state index in [1.54, 1.807) is 12.2 Å². The van der Waals surface area contributed by atoms with Gasteiger partial charge in [-0.2, -0.15) is 0 Å². The Morgan fingerprint density at radius 3 is 2.60 bits per heavy atom. The van der Waals surface area contributed by atoms with E-state index in [4.69, 9.17) is 0 Å². The van der Waals surface area contributed by atoms with Crippen LogP contribution < -0.4 is 0 Å². The monoisotopic (exact) mass is 214 g/mol. The van der Waals surface area contributed by atoms with Crippen molar-refractivity contribution in [3.05, 3.63) is 24.3 Å². The largest absolute Gasteiger partial charge is 0.469 e. The van der Waals surface area contributed by atoms with Gasteiger partial charge in [-0.05, 0) is 13.3 Å². The van der Waals surface area contributed by atoms with Crippen LogP contribution in [0.4, 0.5) is 0 Å². The van der Waals surface area contributed by atoms with E-state index >= 15 is 0 Å². The number of hydrogen-bond acceptors (Lipinski definition) is 4. The summed E-state index contributed by atoms with van der Waals surface area (Å²) in [5.41, 5.74) is 0. The van der Waals surface area contributed by atoms with E-state index in [2.05, 4.69) is 4.74 Å². The van der Waals surface area contributed by atoms with E-state index in [1.807, 2.05) is 13.0 Å². The molecular weight excluding hydrogens is 196 g/mol. The molecule has 0 aromatic rings. The lowest BCUT2D eigenvalue weighted by molar-refractivity contribution is -0.141. The van der Waals surface area contributed by atoms with Crippen LogP contribution in [0.25, 0.3) is 0 Å². The summed E-state index contributed by atoms with van der Waals surface area (Å²) in [5, 5.41) is 18.8. The first-order chi connectivity index (χ1) is 7.11. The van der Waals surface area contributed by atoms with Gasteiger partial charge in [-0.1, -0.05) is 24.3 Å². The third-order valence-corrected chi connectivity index (χ3v) is 1.88. The summed E-state index contributed by atoms with van der Waals surface area (Å²) >= 11 is 0. The molecule has 0 spiro atoms. The minimum absolute atomic E-state index is 0.103. The molecule has 0 heterocycles. The SMILES string of the molecule is C/C=C/C=C\[C@H](O)[C@@H](O)CCC(=O)OC. The van der Waals surface area contributed by atoms with E-state index in [9.17, 15) is 15.0 Å². The number of methoxy groups -OCH3 is 1. The van der Waals surface area contributed by atoms with Crippen molar-refractivity contribution in [3.8, 4) is 0 Å². The second-order valence-corrected chi connectivity index (χ2v) is 3.08. The van der Waals surface area contributed by atoms with Crippen molar-refractivity contribution in [2.45, 2.75) is 32.0 Å². The van der Waals surface area contributed by atoms with Gasteiger partial charge in [0.05, 0.1) is 19.3 Å². The summed E-state index contributed by atoms with van der Waals surface area (Å²) in [6, 6.07) is 0. The first-order valence-electron chi connectivity index (χ1n) is 4.84. The molecule has 0 fully saturated rings. The summed E-state index contributed by atoms with van der Waals surface area (Å²) < 4.78 is 4.42. The van der Waals surface area contributed by atoms with Gasteiger partial charge in [-0.3, -0.25) is 4.79 Å². The molecule has 0 saturated heterocycles. The molecule has 0 radical (unpaired) electrons. The predicted molar refractivity (Wildman–Crippen MR) is 57.2 cm³/mol. The number of carbonyl (C=O) groups is 1. The van der Waals surface area contributed by atoms with Gasteiger partial charge >= 0.3 is 5.97 Å². The average Bonchev–Trinajstić information content (AvgIpc) is 2.25. The van der Waals surface area contributed by atoms with Crippen molar-refractivity contribution >= 4 is 5.97 Å². The second-order valence-electron chi connectivity index (χ2n) is 3.08. The fourth-order valence-corrected chi connectivity index (χ4v) is 0.956. The van der Waals surface area contributed by atoms with Crippen LogP contribution in [0.15, 0.2) is 24.3 Å². The molecule has 0 bridgehead atoms. The van der Waals surface area contributed by atoms with Crippen molar-refractivity contribution in [3.63, 3.8) is 0 Å². The van der Waals surface area contributed by atoms with Crippen LogP contribution in [-0.2, 0) is 9.53 Å². The maximum Gasteiger partial charge on any atom is 0.305 e. The number of aliphatic hydroxyl groups excluding tert-OH is 2. The topological polar surface area (TPSA) is 66.8 Å². The Bertz CT molecular complexity index is 233. The van der Waals surface area contributed by atoms with E-state index in [1.165, 1.54) is 13.2 Å². The molecule has 0 aliphatic rings. The Labute approximate surface area is 89.9 Å². The lowest BCUT2D eigenvalue weighted by Crippen LogP contribution is -2.24. The zero-order chi connectivity index (χ0) is 11.7. The van der Waals surface area contributed by atoms with Gasteiger partial charge in [-0.15, -0.1) is 0 Å². The minimum Gasteiger partial charge on any atom is -0.469 e. The van der Waals surface area contributed by atoms with Crippen LogP contribution in [0.2, 0.25) is 0 Å². The number of ether oxygens (including phenoxy) is 1. The number of allylic oxidation sites excluding steroid dienone is 3. The Hall–Kier alpha value is -1.13. The maximum atomic E-state index is 10.8. The molecule has 86 valence electrons. The van der Waals surface area contributed by atoms with Crippen LogP contribution in [0.1, 0.15) is 19.8 Å². The molecule has 4 heteroatoms. The first kappa shape index (κ1) is 13.9. The number of rotatable bonds is 6. The Balaban J connectivity index is 3.88. The van der Waals surface area contributed by atoms with E-state index in [-0.39, 0.29) is 12.8 Å². The van der Waals surface area contributed by atoms with Crippen molar-refractivity contribution in [2.75, 3.05) is 7.11 Å². The van der Waals surface area contributed by atoms with Gasteiger partial charge in [0, 0.05) is 6.42 Å². The lowest BCUT2D eigenvalue weighted by atomic mass is 10.1. The van der Waals surface area contributed by atoms with Gasteiger partial charge < -0.3 is 14.9 Å². The summed E-state index contributed by atoms with van der Waals surface area (Å²) in [6.07, 6.45) is 5.07. The van der Waals surface area contributed by atoms with E-state index in [0.29, 0.717) is 0 Å². The summed E-state index contributed by atoms with van der Waals surface area (Å²) in [5.74, 6) is -0.390. The van der Waals surface area contributed by atoms with Gasteiger partial charge in [0.25, 0.3) is 0 Å². The molecule has 0 unspecified atom stereocenters. The normalized spacial score (nSPS) is 15.7. The molecule has 0 rings (SSSR count). The van der Waals surface area contributed by atoms with Crippen LogP contribution in [-0.4, -0.2) is 35.5 Å². The fourth-order valence-electron chi connectivity index (χ4n) is 0.956. The van der Waals surface area contributed by atoms with Gasteiger partial charge in [0.15, 0.2) is 0 Å². The second kappa shape index (κ2) is 8.20. The maximum absolute atomic E-state index is 10.8. The van der Waals surface area contributed by atoms with Crippen molar-refractivity contribution < 1.29 is 19.7 Å². The molecule has 0 aromatic carbocycles.